The summed E-state index contributed by atoms with van der Waals surface area (Å²) in [5.74, 6) is 0.280. The maximum absolute atomic E-state index is 13.3. The Morgan fingerprint density at radius 1 is 1.10 bits per heavy atom. The van der Waals surface area contributed by atoms with Crippen molar-refractivity contribution in [2.45, 2.75) is 26.8 Å². The van der Waals surface area contributed by atoms with E-state index in [9.17, 15) is 9.18 Å². The quantitative estimate of drug-likeness (QED) is 0.695. The zero-order valence-corrected chi connectivity index (χ0v) is 17.4. The van der Waals surface area contributed by atoms with Crippen molar-refractivity contribution >= 4 is 22.7 Å². The molecular formula is C23H27FN4O2. The van der Waals surface area contributed by atoms with Crippen molar-refractivity contribution in [1.82, 2.24) is 14.8 Å². The van der Waals surface area contributed by atoms with Crippen LogP contribution in [-0.4, -0.2) is 53.4 Å². The number of anilines is 1. The molecule has 1 amide bonds. The molecule has 0 spiro atoms. The summed E-state index contributed by atoms with van der Waals surface area (Å²) in [6, 6.07) is 10.4. The molecule has 6 nitrogen and oxygen atoms in total. The number of hydrogen-bond acceptors (Lipinski definition) is 5. The number of amides is 1. The smallest absolute Gasteiger partial charge is 0.238 e. The van der Waals surface area contributed by atoms with Crippen LogP contribution in [0.3, 0.4) is 0 Å². The van der Waals surface area contributed by atoms with E-state index >= 15 is 0 Å². The Morgan fingerprint density at radius 2 is 1.90 bits per heavy atom. The van der Waals surface area contributed by atoms with E-state index in [4.69, 9.17) is 4.42 Å². The Bertz CT molecular complexity index is 1050. The molecule has 1 N–H and O–H groups in total. The van der Waals surface area contributed by atoms with Crippen LogP contribution >= 0.6 is 0 Å². The van der Waals surface area contributed by atoms with E-state index in [2.05, 4.69) is 26.2 Å². The third-order valence-corrected chi connectivity index (χ3v) is 5.46. The van der Waals surface area contributed by atoms with E-state index in [0.29, 0.717) is 30.1 Å². The van der Waals surface area contributed by atoms with Crippen molar-refractivity contribution in [3.63, 3.8) is 0 Å². The summed E-state index contributed by atoms with van der Waals surface area (Å²) >= 11 is 0. The number of carbonyl (C=O) groups excluding carboxylic acids is 1. The molecule has 158 valence electrons. The molecule has 1 aromatic heterocycles. The number of oxazole rings is 1. The van der Waals surface area contributed by atoms with Crippen LogP contribution in [0.15, 0.2) is 40.8 Å². The first-order valence-electron chi connectivity index (χ1n) is 10.3. The van der Waals surface area contributed by atoms with E-state index in [1.165, 1.54) is 17.7 Å². The Hall–Kier alpha value is -2.77. The SMILES string of the molecule is Cc1ccc(NC(=O)CN2CCCN(Cc3nc4ccc(F)cc4o3)CC2)c(C)c1. The maximum atomic E-state index is 13.3. The van der Waals surface area contributed by atoms with E-state index in [1.54, 1.807) is 6.07 Å². The largest absolute Gasteiger partial charge is 0.439 e. The normalized spacial score (nSPS) is 16.0. The summed E-state index contributed by atoms with van der Waals surface area (Å²) in [5.41, 5.74) is 4.27. The minimum absolute atomic E-state index is 0.0105. The Labute approximate surface area is 175 Å². The predicted molar refractivity (Wildman–Crippen MR) is 115 cm³/mol. The van der Waals surface area contributed by atoms with Gasteiger partial charge in [-0.15, -0.1) is 0 Å². The predicted octanol–water partition coefficient (Wildman–Crippen LogP) is 3.73. The van der Waals surface area contributed by atoms with Crippen LogP contribution in [0, 0.1) is 19.7 Å². The average Bonchev–Trinajstić information content (AvgIpc) is 2.95. The minimum Gasteiger partial charge on any atom is -0.439 e. The maximum Gasteiger partial charge on any atom is 0.238 e. The molecule has 0 saturated carbocycles. The molecule has 0 aliphatic carbocycles. The summed E-state index contributed by atoms with van der Waals surface area (Å²) in [6.45, 7) is 8.41. The number of aryl methyl sites for hydroxylation is 2. The number of benzene rings is 2. The lowest BCUT2D eigenvalue weighted by Crippen LogP contribution is -2.36. The third kappa shape index (κ3) is 5.04. The number of halogens is 1. The fraction of sp³-hybridized carbons (Fsp3) is 0.391. The number of fused-ring (bicyclic) bond motifs is 1. The van der Waals surface area contributed by atoms with Gasteiger partial charge in [0.1, 0.15) is 11.3 Å². The number of nitrogens with zero attached hydrogens (tertiary/aromatic N) is 3. The van der Waals surface area contributed by atoms with Crippen LogP contribution in [0.2, 0.25) is 0 Å². The molecule has 4 rings (SSSR count). The Balaban J connectivity index is 1.30. The van der Waals surface area contributed by atoms with E-state index in [0.717, 1.165) is 43.9 Å². The van der Waals surface area contributed by atoms with Crippen molar-refractivity contribution in [3.8, 4) is 0 Å². The minimum atomic E-state index is -0.324. The summed E-state index contributed by atoms with van der Waals surface area (Å²) in [4.78, 5) is 21.4. The van der Waals surface area contributed by atoms with Gasteiger partial charge in [0.05, 0.1) is 13.1 Å². The van der Waals surface area contributed by atoms with Crippen LogP contribution < -0.4 is 5.32 Å². The summed E-state index contributed by atoms with van der Waals surface area (Å²) < 4.78 is 19.0. The number of rotatable bonds is 5. The number of aromatic nitrogens is 1. The van der Waals surface area contributed by atoms with Gasteiger partial charge in [-0.3, -0.25) is 14.6 Å². The molecular weight excluding hydrogens is 383 g/mol. The standard InChI is InChI=1S/C23H27FN4O2/c1-16-4-6-19(17(2)12-16)25-22(29)14-27-8-3-9-28(11-10-27)15-23-26-20-7-5-18(24)13-21(20)30-23/h4-7,12-13H,3,8-11,14-15H2,1-2H3,(H,25,29). The van der Waals surface area contributed by atoms with Crippen molar-refractivity contribution in [2.75, 3.05) is 38.0 Å². The fourth-order valence-corrected chi connectivity index (χ4v) is 3.89. The van der Waals surface area contributed by atoms with Gasteiger partial charge in [-0.1, -0.05) is 17.7 Å². The molecule has 1 fully saturated rings. The van der Waals surface area contributed by atoms with Crippen molar-refractivity contribution in [1.29, 1.82) is 0 Å². The van der Waals surface area contributed by atoms with Gasteiger partial charge in [0.15, 0.2) is 5.58 Å². The van der Waals surface area contributed by atoms with Gasteiger partial charge < -0.3 is 9.73 Å². The number of carbonyl (C=O) groups is 1. The molecule has 1 saturated heterocycles. The Morgan fingerprint density at radius 3 is 2.73 bits per heavy atom. The van der Waals surface area contributed by atoms with Crippen LogP contribution in [0.1, 0.15) is 23.4 Å². The second kappa shape index (κ2) is 8.93. The first-order chi connectivity index (χ1) is 14.5. The lowest BCUT2D eigenvalue weighted by molar-refractivity contribution is -0.117. The lowest BCUT2D eigenvalue weighted by atomic mass is 10.1. The second-order valence-electron chi connectivity index (χ2n) is 7.99. The van der Waals surface area contributed by atoms with Crippen molar-refractivity contribution in [2.24, 2.45) is 0 Å². The zero-order valence-electron chi connectivity index (χ0n) is 17.4. The monoisotopic (exact) mass is 410 g/mol. The average molecular weight is 410 g/mol. The summed E-state index contributed by atoms with van der Waals surface area (Å²) in [7, 11) is 0. The van der Waals surface area contributed by atoms with Gasteiger partial charge in [0, 0.05) is 24.8 Å². The van der Waals surface area contributed by atoms with Gasteiger partial charge >= 0.3 is 0 Å². The molecule has 0 radical (unpaired) electrons. The van der Waals surface area contributed by atoms with Crippen LogP contribution in [-0.2, 0) is 11.3 Å². The van der Waals surface area contributed by atoms with Crippen LogP contribution in [0.4, 0.5) is 10.1 Å². The molecule has 1 aliphatic rings. The van der Waals surface area contributed by atoms with Crippen LogP contribution in [0.25, 0.3) is 11.1 Å². The van der Waals surface area contributed by atoms with Gasteiger partial charge in [-0.05, 0) is 57.1 Å². The lowest BCUT2D eigenvalue weighted by Gasteiger charge is -2.20. The highest BCUT2D eigenvalue weighted by Gasteiger charge is 2.19. The highest BCUT2D eigenvalue weighted by molar-refractivity contribution is 5.93. The first-order valence-corrected chi connectivity index (χ1v) is 10.3. The van der Waals surface area contributed by atoms with E-state index < -0.39 is 0 Å². The molecule has 3 aromatic rings. The molecule has 0 atom stereocenters. The molecule has 7 heteroatoms. The highest BCUT2D eigenvalue weighted by Crippen LogP contribution is 2.19. The third-order valence-electron chi connectivity index (χ3n) is 5.46. The van der Waals surface area contributed by atoms with E-state index in [-0.39, 0.29) is 11.7 Å². The topological polar surface area (TPSA) is 61.6 Å². The molecule has 2 aromatic carbocycles. The van der Waals surface area contributed by atoms with Gasteiger partial charge in [0.2, 0.25) is 11.8 Å². The fourth-order valence-electron chi connectivity index (χ4n) is 3.89. The molecule has 2 heterocycles. The number of hydrogen-bond donors (Lipinski definition) is 1. The summed E-state index contributed by atoms with van der Waals surface area (Å²) in [6.07, 6.45) is 0.964. The van der Waals surface area contributed by atoms with Gasteiger partial charge in [-0.25, -0.2) is 9.37 Å². The zero-order chi connectivity index (χ0) is 21.1. The van der Waals surface area contributed by atoms with Crippen LogP contribution in [0.5, 0.6) is 0 Å². The van der Waals surface area contributed by atoms with Gasteiger partial charge in [0.25, 0.3) is 0 Å². The second-order valence-corrected chi connectivity index (χ2v) is 7.99. The molecule has 0 unspecified atom stereocenters. The first kappa shape index (κ1) is 20.5. The van der Waals surface area contributed by atoms with E-state index in [1.807, 2.05) is 26.0 Å². The van der Waals surface area contributed by atoms with Gasteiger partial charge in [-0.2, -0.15) is 0 Å². The van der Waals surface area contributed by atoms with Crippen molar-refractivity contribution < 1.29 is 13.6 Å². The number of nitrogens with one attached hydrogen (secondary N) is 1. The highest BCUT2D eigenvalue weighted by atomic mass is 19.1. The van der Waals surface area contributed by atoms with Crippen molar-refractivity contribution in [3.05, 3.63) is 59.2 Å². The Kier molecular flexibility index (Phi) is 6.11. The summed E-state index contributed by atoms with van der Waals surface area (Å²) in [5, 5.41) is 3.03. The molecule has 30 heavy (non-hydrogen) atoms. The molecule has 1 aliphatic heterocycles. The molecule has 0 bridgehead atoms.